The van der Waals surface area contributed by atoms with E-state index in [0.29, 0.717) is 22.2 Å². The third-order valence-corrected chi connectivity index (χ3v) is 4.18. The number of nitrogens with zero attached hydrogens (tertiary/aromatic N) is 1. The molecule has 0 aliphatic heterocycles. The van der Waals surface area contributed by atoms with Crippen molar-refractivity contribution in [3.63, 3.8) is 0 Å². The zero-order valence-corrected chi connectivity index (χ0v) is 15.8. The van der Waals surface area contributed by atoms with E-state index < -0.39 is 0 Å². The van der Waals surface area contributed by atoms with Crippen LogP contribution in [0.3, 0.4) is 0 Å². The van der Waals surface area contributed by atoms with Crippen LogP contribution in [0.5, 0.6) is 0 Å². The minimum atomic E-state index is -0.129. The van der Waals surface area contributed by atoms with Crippen molar-refractivity contribution in [3.05, 3.63) is 63.6 Å². The number of hydrogen-bond donors (Lipinski definition) is 2. The molecule has 0 atom stereocenters. The molecule has 6 heteroatoms. The number of hydrogen-bond acceptors (Lipinski definition) is 3. The number of amides is 1. The molecule has 0 heterocycles. The maximum absolute atomic E-state index is 11.9. The van der Waals surface area contributed by atoms with E-state index in [0.717, 1.165) is 24.2 Å². The van der Waals surface area contributed by atoms with Crippen LogP contribution >= 0.6 is 23.2 Å². The molecule has 0 radical (unpaired) electrons. The Balaban J connectivity index is 1.75. The zero-order valence-electron chi connectivity index (χ0n) is 14.3. The van der Waals surface area contributed by atoms with Gasteiger partial charge in [0, 0.05) is 29.2 Å². The molecule has 0 bridgehead atoms. The monoisotopic (exact) mass is 377 g/mol. The Bertz CT molecular complexity index is 758. The highest BCUT2D eigenvalue weighted by Crippen LogP contribution is 2.21. The number of nitrogens with one attached hydrogen (secondary N) is 2. The molecule has 0 aromatic heterocycles. The lowest BCUT2D eigenvalue weighted by Crippen LogP contribution is -2.20. The van der Waals surface area contributed by atoms with Gasteiger partial charge in [-0.3, -0.25) is 4.79 Å². The van der Waals surface area contributed by atoms with Crippen LogP contribution < -0.4 is 10.7 Å². The van der Waals surface area contributed by atoms with E-state index in [1.165, 1.54) is 5.56 Å². The van der Waals surface area contributed by atoms with Gasteiger partial charge < -0.3 is 5.32 Å². The third-order valence-electron chi connectivity index (χ3n) is 3.63. The molecule has 0 fully saturated rings. The van der Waals surface area contributed by atoms with Crippen LogP contribution in [0.2, 0.25) is 10.0 Å². The fourth-order valence-electron chi connectivity index (χ4n) is 2.20. The van der Waals surface area contributed by atoms with Crippen LogP contribution in [0.15, 0.2) is 47.6 Å². The predicted octanol–water partition coefficient (Wildman–Crippen LogP) is 5.03. The van der Waals surface area contributed by atoms with E-state index in [-0.39, 0.29) is 5.91 Å². The second-order valence-corrected chi connectivity index (χ2v) is 6.60. The number of carbonyl (C=O) groups excluding carboxylic acids is 1. The van der Waals surface area contributed by atoms with Crippen molar-refractivity contribution in [1.82, 2.24) is 5.43 Å². The molecule has 25 heavy (non-hydrogen) atoms. The molecular weight excluding hydrogens is 357 g/mol. The van der Waals surface area contributed by atoms with Gasteiger partial charge in [0.1, 0.15) is 0 Å². The summed E-state index contributed by atoms with van der Waals surface area (Å²) in [5.41, 5.74) is 6.21. The second-order valence-electron chi connectivity index (χ2n) is 5.75. The first-order valence-electron chi connectivity index (χ1n) is 8.05. The summed E-state index contributed by atoms with van der Waals surface area (Å²) in [7, 11) is 0. The normalized spacial score (nSPS) is 11.3. The number of rotatable bonds is 7. The average molecular weight is 378 g/mol. The topological polar surface area (TPSA) is 53.5 Å². The number of benzene rings is 2. The van der Waals surface area contributed by atoms with Gasteiger partial charge in [-0.05, 0) is 44.5 Å². The predicted molar refractivity (Wildman–Crippen MR) is 106 cm³/mol. The molecule has 2 rings (SSSR count). The van der Waals surface area contributed by atoms with Gasteiger partial charge in [0.15, 0.2) is 0 Å². The SMILES string of the molecule is C/C(=N\NC(=O)CCCNc1ccc(C)cc1)c1ccc(Cl)cc1Cl. The van der Waals surface area contributed by atoms with Crippen LogP contribution in [0.25, 0.3) is 0 Å². The van der Waals surface area contributed by atoms with Crippen LogP contribution in [-0.2, 0) is 4.79 Å². The lowest BCUT2D eigenvalue weighted by Gasteiger charge is -2.07. The summed E-state index contributed by atoms with van der Waals surface area (Å²) < 4.78 is 0. The highest BCUT2D eigenvalue weighted by molar-refractivity contribution is 6.37. The summed E-state index contributed by atoms with van der Waals surface area (Å²) in [5.74, 6) is -0.129. The fraction of sp³-hybridized carbons (Fsp3) is 0.263. The molecule has 0 unspecified atom stereocenters. The average Bonchev–Trinajstić information content (AvgIpc) is 2.58. The van der Waals surface area contributed by atoms with Gasteiger partial charge in [-0.1, -0.05) is 47.0 Å². The summed E-state index contributed by atoms with van der Waals surface area (Å²) in [6.07, 6.45) is 1.11. The number of carbonyl (C=O) groups is 1. The Kier molecular flexibility index (Phi) is 7.29. The Morgan fingerprint density at radius 1 is 1.12 bits per heavy atom. The van der Waals surface area contributed by atoms with Crippen molar-refractivity contribution in [2.75, 3.05) is 11.9 Å². The fourth-order valence-corrected chi connectivity index (χ4v) is 2.74. The molecule has 2 aromatic rings. The van der Waals surface area contributed by atoms with Crippen LogP contribution in [0.4, 0.5) is 5.69 Å². The molecule has 0 spiro atoms. The molecule has 132 valence electrons. The van der Waals surface area contributed by atoms with Gasteiger partial charge >= 0.3 is 0 Å². The van der Waals surface area contributed by atoms with Crippen LogP contribution in [0, 0.1) is 6.92 Å². The minimum Gasteiger partial charge on any atom is -0.385 e. The molecule has 1 amide bonds. The van der Waals surface area contributed by atoms with Crippen LogP contribution in [0.1, 0.15) is 30.9 Å². The zero-order chi connectivity index (χ0) is 18.2. The highest BCUT2D eigenvalue weighted by Gasteiger charge is 2.06. The summed E-state index contributed by atoms with van der Waals surface area (Å²) in [6, 6.07) is 13.3. The molecule has 0 aliphatic rings. The van der Waals surface area contributed by atoms with Crippen LogP contribution in [-0.4, -0.2) is 18.2 Å². The lowest BCUT2D eigenvalue weighted by atomic mass is 10.1. The van der Waals surface area contributed by atoms with Crippen molar-refractivity contribution >= 4 is 40.5 Å². The number of hydrazone groups is 1. The van der Waals surface area contributed by atoms with E-state index in [9.17, 15) is 4.79 Å². The van der Waals surface area contributed by atoms with E-state index in [4.69, 9.17) is 23.2 Å². The quantitative estimate of drug-likeness (QED) is 0.403. The lowest BCUT2D eigenvalue weighted by molar-refractivity contribution is -0.121. The van der Waals surface area contributed by atoms with Gasteiger partial charge in [0.05, 0.1) is 10.7 Å². The van der Waals surface area contributed by atoms with Crippen molar-refractivity contribution in [2.24, 2.45) is 5.10 Å². The number of aryl methyl sites for hydroxylation is 1. The number of halogens is 2. The largest absolute Gasteiger partial charge is 0.385 e. The van der Waals surface area contributed by atoms with Gasteiger partial charge in [0.25, 0.3) is 0 Å². The maximum atomic E-state index is 11.9. The van der Waals surface area contributed by atoms with Crippen molar-refractivity contribution < 1.29 is 4.79 Å². The van der Waals surface area contributed by atoms with E-state index >= 15 is 0 Å². The molecule has 0 saturated heterocycles. The molecule has 2 N–H and O–H groups in total. The molecule has 2 aromatic carbocycles. The van der Waals surface area contributed by atoms with E-state index in [2.05, 4.69) is 28.0 Å². The molecular formula is C19H21Cl2N3O. The van der Waals surface area contributed by atoms with Gasteiger partial charge in [-0.25, -0.2) is 5.43 Å². The molecule has 0 aliphatic carbocycles. The van der Waals surface area contributed by atoms with E-state index in [1.807, 2.05) is 19.1 Å². The van der Waals surface area contributed by atoms with Gasteiger partial charge in [0.2, 0.25) is 5.91 Å². The Labute approximate surface area is 158 Å². The summed E-state index contributed by atoms with van der Waals surface area (Å²) in [4.78, 5) is 11.9. The summed E-state index contributed by atoms with van der Waals surface area (Å²) in [5, 5.41) is 8.45. The number of anilines is 1. The van der Waals surface area contributed by atoms with Crippen molar-refractivity contribution in [1.29, 1.82) is 0 Å². The molecule has 4 nitrogen and oxygen atoms in total. The Morgan fingerprint density at radius 2 is 1.84 bits per heavy atom. The van der Waals surface area contributed by atoms with Crippen molar-refractivity contribution in [3.8, 4) is 0 Å². The first kappa shape index (κ1) is 19.3. The maximum Gasteiger partial charge on any atom is 0.240 e. The van der Waals surface area contributed by atoms with Gasteiger partial charge in [-0.15, -0.1) is 0 Å². The minimum absolute atomic E-state index is 0.129. The standard InChI is InChI=1S/C19H21Cl2N3O/c1-13-5-8-16(9-6-13)22-11-3-4-19(25)24-23-14(2)17-10-7-15(20)12-18(17)21/h5-10,12,22H,3-4,11H2,1-2H3,(H,24,25)/b23-14+. The third kappa shape index (κ3) is 6.40. The summed E-state index contributed by atoms with van der Waals surface area (Å²) >= 11 is 12.0. The first-order chi connectivity index (χ1) is 12.0. The molecule has 0 saturated carbocycles. The Morgan fingerprint density at radius 3 is 2.52 bits per heavy atom. The van der Waals surface area contributed by atoms with E-state index in [1.54, 1.807) is 25.1 Å². The summed E-state index contributed by atoms with van der Waals surface area (Å²) in [6.45, 7) is 4.56. The first-order valence-corrected chi connectivity index (χ1v) is 8.80. The second kappa shape index (κ2) is 9.44. The van der Waals surface area contributed by atoms with Crippen molar-refractivity contribution in [2.45, 2.75) is 26.7 Å². The Hall–Kier alpha value is -2.04. The smallest absolute Gasteiger partial charge is 0.240 e. The van der Waals surface area contributed by atoms with Gasteiger partial charge in [-0.2, -0.15) is 5.10 Å². The highest BCUT2D eigenvalue weighted by atomic mass is 35.5.